The Balaban J connectivity index is 1.51. The third-order valence-corrected chi connectivity index (χ3v) is 7.03. The van der Waals surface area contributed by atoms with Gasteiger partial charge in [0.1, 0.15) is 0 Å². The van der Waals surface area contributed by atoms with Gasteiger partial charge in [0.05, 0.1) is 30.5 Å². The smallest absolute Gasteiger partial charge is 0.266 e. The highest BCUT2D eigenvalue weighted by atomic mass is 32.1. The standard InChI is InChI=1S/C25H31N3O4S/c1-18-9-10-22-24(19(18)2)26-25(33-22)28(12-6-11-27-13-15-31-16-14-27)23(29)17-32-21-8-5-4-7-20(21)30-3/h4-5,7-10H,6,11-17H2,1-3H3. The molecule has 0 spiro atoms. The van der Waals surface area contributed by atoms with E-state index in [0.29, 0.717) is 23.2 Å². The number of ether oxygens (including phenoxy) is 3. The van der Waals surface area contributed by atoms with Gasteiger partial charge in [0.2, 0.25) is 0 Å². The lowest BCUT2D eigenvalue weighted by molar-refractivity contribution is -0.120. The highest BCUT2D eigenvalue weighted by Gasteiger charge is 2.22. The number of carbonyl (C=O) groups is 1. The molecule has 1 amide bonds. The van der Waals surface area contributed by atoms with Crippen LogP contribution in [0.1, 0.15) is 17.5 Å². The van der Waals surface area contributed by atoms with Crippen molar-refractivity contribution in [2.24, 2.45) is 0 Å². The van der Waals surface area contributed by atoms with Gasteiger partial charge in [0.25, 0.3) is 5.91 Å². The number of morpholine rings is 1. The molecule has 1 aliphatic rings. The Hall–Kier alpha value is -2.68. The van der Waals surface area contributed by atoms with Gasteiger partial charge in [0, 0.05) is 26.2 Å². The minimum absolute atomic E-state index is 0.0775. The molecule has 1 saturated heterocycles. The summed E-state index contributed by atoms with van der Waals surface area (Å²) in [5, 5.41) is 0.717. The van der Waals surface area contributed by atoms with Gasteiger partial charge in [-0.15, -0.1) is 0 Å². The number of carbonyl (C=O) groups excluding carboxylic acids is 1. The van der Waals surface area contributed by atoms with Crippen molar-refractivity contribution in [1.82, 2.24) is 9.88 Å². The SMILES string of the molecule is COc1ccccc1OCC(=O)N(CCCN1CCOCC1)c1nc2c(C)c(C)ccc2s1. The first-order valence-corrected chi connectivity index (χ1v) is 12.1. The number of fused-ring (bicyclic) bond motifs is 1. The maximum absolute atomic E-state index is 13.3. The second-order valence-corrected chi connectivity index (χ2v) is 9.15. The fourth-order valence-corrected chi connectivity index (χ4v) is 4.96. The summed E-state index contributed by atoms with van der Waals surface area (Å²) in [6.45, 7) is 9.00. The molecule has 4 rings (SSSR count). The average Bonchev–Trinajstić information content (AvgIpc) is 3.28. The predicted octanol–water partition coefficient (Wildman–Crippen LogP) is 4.06. The van der Waals surface area contributed by atoms with Crippen LogP contribution >= 0.6 is 11.3 Å². The van der Waals surface area contributed by atoms with Crippen LogP contribution in [-0.4, -0.2) is 68.9 Å². The molecule has 2 heterocycles. The summed E-state index contributed by atoms with van der Waals surface area (Å²) in [5.74, 6) is 1.05. The number of methoxy groups -OCH3 is 1. The number of rotatable bonds is 9. The molecule has 176 valence electrons. The second-order valence-electron chi connectivity index (χ2n) is 8.14. The van der Waals surface area contributed by atoms with Crippen LogP contribution in [0.4, 0.5) is 5.13 Å². The first kappa shape index (κ1) is 23.5. The molecule has 0 N–H and O–H groups in total. The van der Waals surface area contributed by atoms with Gasteiger partial charge < -0.3 is 14.2 Å². The largest absolute Gasteiger partial charge is 0.493 e. The Morgan fingerprint density at radius 2 is 1.91 bits per heavy atom. The number of hydrogen-bond acceptors (Lipinski definition) is 7. The van der Waals surface area contributed by atoms with E-state index in [1.807, 2.05) is 18.2 Å². The van der Waals surface area contributed by atoms with E-state index < -0.39 is 0 Å². The van der Waals surface area contributed by atoms with Gasteiger partial charge in [0.15, 0.2) is 23.2 Å². The van der Waals surface area contributed by atoms with Gasteiger partial charge in [-0.1, -0.05) is 29.5 Å². The molecule has 0 radical (unpaired) electrons. The topological polar surface area (TPSA) is 64.1 Å². The maximum Gasteiger partial charge on any atom is 0.266 e. The lowest BCUT2D eigenvalue weighted by Gasteiger charge is -2.27. The number of benzene rings is 2. The summed E-state index contributed by atoms with van der Waals surface area (Å²) in [4.78, 5) is 22.3. The average molecular weight is 470 g/mol. The molecule has 0 atom stereocenters. The number of nitrogens with zero attached hydrogens (tertiary/aromatic N) is 3. The summed E-state index contributed by atoms with van der Waals surface area (Å²) in [5.41, 5.74) is 3.32. The van der Waals surface area contributed by atoms with Gasteiger partial charge in [-0.2, -0.15) is 0 Å². The summed E-state index contributed by atoms with van der Waals surface area (Å²) in [6, 6.07) is 11.5. The van der Waals surface area contributed by atoms with Crippen molar-refractivity contribution in [3.8, 4) is 11.5 Å². The first-order valence-electron chi connectivity index (χ1n) is 11.3. The third-order valence-electron chi connectivity index (χ3n) is 5.99. The van der Waals surface area contributed by atoms with E-state index in [4.69, 9.17) is 19.2 Å². The van der Waals surface area contributed by atoms with Crippen LogP contribution in [0.2, 0.25) is 0 Å². The molecule has 0 aliphatic carbocycles. The van der Waals surface area contributed by atoms with Crippen LogP contribution in [-0.2, 0) is 9.53 Å². The number of aryl methyl sites for hydroxylation is 2. The summed E-state index contributed by atoms with van der Waals surface area (Å²) in [7, 11) is 1.59. The first-order chi connectivity index (χ1) is 16.1. The molecule has 3 aromatic rings. The number of thiazole rings is 1. The minimum Gasteiger partial charge on any atom is -0.493 e. The number of para-hydroxylation sites is 2. The summed E-state index contributed by atoms with van der Waals surface area (Å²) in [6.07, 6.45) is 0.855. The van der Waals surface area contributed by atoms with Crippen LogP contribution in [0.5, 0.6) is 11.5 Å². The van der Waals surface area contributed by atoms with Crippen molar-refractivity contribution < 1.29 is 19.0 Å². The second kappa shape index (κ2) is 11.0. The quantitative estimate of drug-likeness (QED) is 0.471. The van der Waals surface area contributed by atoms with Gasteiger partial charge >= 0.3 is 0 Å². The van der Waals surface area contributed by atoms with Crippen LogP contribution in [0.15, 0.2) is 36.4 Å². The molecule has 0 bridgehead atoms. The molecular formula is C25H31N3O4S. The molecule has 7 nitrogen and oxygen atoms in total. The van der Waals surface area contributed by atoms with E-state index in [-0.39, 0.29) is 12.5 Å². The third kappa shape index (κ3) is 5.63. The van der Waals surface area contributed by atoms with Crippen molar-refractivity contribution in [1.29, 1.82) is 0 Å². The van der Waals surface area contributed by atoms with Gasteiger partial charge in [-0.05, 0) is 49.6 Å². The fourth-order valence-electron chi connectivity index (χ4n) is 3.89. The Morgan fingerprint density at radius 1 is 1.15 bits per heavy atom. The zero-order valence-corrected chi connectivity index (χ0v) is 20.3. The minimum atomic E-state index is -0.115. The van der Waals surface area contributed by atoms with Crippen molar-refractivity contribution in [2.45, 2.75) is 20.3 Å². The van der Waals surface area contributed by atoms with Crippen molar-refractivity contribution in [3.63, 3.8) is 0 Å². The van der Waals surface area contributed by atoms with E-state index in [2.05, 4.69) is 30.9 Å². The summed E-state index contributed by atoms with van der Waals surface area (Å²) < 4.78 is 17.7. The zero-order valence-electron chi connectivity index (χ0n) is 19.5. The monoisotopic (exact) mass is 469 g/mol. The van der Waals surface area contributed by atoms with Crippen LogP contribution < -0.4 is 14.4 Å². The number of aromatic nitrogens is 1. The van der Waals surface area contributed by atoms with Crippen molar-refractivity contribution >= 4 is 32.6 Å². The van der Waals surface area contributed by atoms with E-state index >= 15 is 0 Å². The van der Waals surface area contributed by atoms with Crippen molar-refractivity contribution in [2.75, 3.05) is 58.0 Å². The number of amides is 1. The van der Waals surface area contributed by atoms with Gasteiger partial charge in [-0.3, -0.25) is 14.6 Å². The molecular weight excluding hydrogens is 438 g/mol. The van der Waals surface area contributed by atoms with E-state index in [1.54, 1.807) is 29.4 Å². The summed E-state index contributed by atoms with van der Waals surface area (Å²) >= 11 is 1.55. The van der Waals surface area contributed by atoms with Crippen molar-refractivity contribution in [3.05, 3.63) is 47.5 Å². The Morgan fingerprint density at radius 3 is 2.67 bits per heavy atom. The lowest BCUT2D eigenvalue weighted by atomic mass is 10.1. The van der Waals surface area contributed by atoms with Crippen LogP contribution in [0.3, 0.4) is 0 Å². The molecule has 0 unspecified atom stereocenters. The number of hydrogen-bond donors (Lipinski definition) is 0. The highest BCUT2D eigenvalue weighted by Crippen LogP contribution is 2.32. The van der Waals surface area contributed by atoms with E-state index in [1.165, 1.54) is 5.56 Å². The van der Waals surface area contributed by atoms with Crippen LogP contribution in [0, 0.1) is 13.8 Å². The van der Waals surface area contributed by atoms with Crippen LogP contribution in [0.25, 0.3) is 10.2 Å². The van der Waals surface area contributed by atoms with E-state index in [0.717, 1.165) is 55.0 Å². The number of anilines is 1. The molecule has 0 saturated carbocycles. The van der Waals surface area contributed by atoms with Gasteiger partial charge in [-0.25, -0.2) is 4.98 Å². The molecule has 2 aromatic carbocycles. The Labute approximate surface area is 198 Å². The van der Waals surface area contributed by atoms with E-state index in [9.17, 15) is 4.79 Å². The molecule has 1 aliphatic heterocycles. The Kier molecular flexibility index (Phi) is 7.80. The molecule has 8 heteroatoms. The lowest BCUT2D eigenvalue weighted by Crippen LogP contribution is -2.40. The molecule has 1 aromatic heterocycles. The molecule has 1 fully saturated rings. The predicted molar refractivity (Wildman–Crippen MR) is 132 cm³/mol. The normalized spacial score (nSPS) is 14.4. The molecule has 33 heavy (non-hydrogen) atoms. The maximum atomic E-state index is 13.3. The zero-order chi connectivity index (χ0) is 23.2. The Bertz CT molecular complexity index is 1090. The highest BCUT2D eigenvalue weighted by molar-refractivity contribution is 7.22. The fraction of sp³-hybridized carbons (Fsp3) is 0.440.